The molecule has 82 valence electrons. The number of halogens is 2. The van der Waals surface area contributed by atoms with E-state index >= 15 is 0 Å². The molecule has 0 saturated carbocycles. The molecule has 0 atom stereocenters. The van der Waals surface area contributed by atoms with Crippen molar-refractivity contribution in [1.82, 2.24) is 0 Å². The Bertz CT molecular complexity index is 362. The van der Waals surface area contributed by atoms with E-state index in [4.69, 9.17) is 4.74 Å². The van der Waals surface area contributed by atoms with Gasteiger partial charge in [-0.15, -0.1) is 0 Å². The van der Waals surface area contributed by atoms with E-state index in [1.807, 2.05) is 18.2 Å². The summed E-state index contributed by atoms with van der Waals surface area (Å²) in [5.41, 5.74) is 1.73. The predicted octanol–water partition coefficient (Wildman–Crippen LogP) is 3.56. The van der Waals surface area contributed by atoms with Gasteiger partial charge in [0.05, 0.1) is 12.7 Å². The molecule has 2 nitrogen and oxygen atoms in total. The maximum atomic E-state index is 11.8. The third kappa shape index (κ3) is 3.05. The Morgan fingerprint density at radius 2 is 2.13 bits per heavy atom. The minimum Gasteiger partial charge on any atom is -0.496 e. The van der Waals surface area contributed by atoms with E-state index in [-0.39, 0.29) is 9.52 Å². The number of carbonyl (C=O) groups is 1. The van der Waals surface area contributed by atoms with Crippen LogP contribution in [0.2, 0.25) is 0 Å². The molecule has 0 radical (unpaired) electrons. The van der Waals surface area contributed by atoms with Crippen LogP contribution in [0.15, 0.2) is 18.2 Å². The van der Waals surface area contributed by atoms with Crippen LogP contribution in [0.5, 0.6) is 5.75 Å². The Kier molecular flexibility index (Phi) is 4.80. The van der Waals surface area contributed by atoms with Crippen LogP contribution in [0.3, 0.4) is 0 Å². The Hall–Kier alpha value is -0.350. The lowest BCUT2D eigenvalue weighted by molar-refractivity contribution is 0.101. The number of alkyl halides is 2. The number of ether oxygens (including phenoxy) is 1. The van der Waals surface area contributed by atoms with Gasteiger partial charge in [0.15, 0.2) is 5.78 Å². The summed E-state index contributed by atoms with van der Waals surface area (Å²) in [6.07, 6.45) is 0.902. The van der Waals surface area contributed by atoms with E-state index < -0.39 is 0 Å². The first-order valence-electron chi connectivity index (χ1n) is 4.59. The number of ketones is 1. The first-order chi connectivity index (χ1) is 7.10. The van der Waals surface area contributed by atoms with Crippen LogP contribution in [0.4, 0.5) is 0 Å². The van der Waals surface area contributed by atoms with E-state index in [1.165, 1.54) is 0 Å². The van der Waals surface area contributed by atoms with Gasteiger partial charge in [-0.25, -0.2) is 0 Å². The van der Waals surface area contributed by atoms with Crippen molar-refractivity contribution in [3.05, 3.63) is 29.3 Å². The molecule has 0 N–H and O–H groups in total. The lowest BCUT2D eigenvalue weighted by atomic mass is 10.1. The Morgan fingerprint density at radius 1 is 1.47 bits per heavy atom. The maximum absolute atomic E-state index is 11.8. The monoisotopic (exact) mass is 334 g/mol. The van der Waals surface area contributed by atoms with Crippen LogP contribution in [0, 0.1) is 0 Å². The molecule has 0 aliphatic rings. The van der Waals surface area contributed by atoms with Crippen LogP contribution < -0.4 is 4.74 Å². The molecule has 0 heterocycles. The number of hydrogen-bond acceptors (Lipinski definition) is 2. The normalized spacial score (nSPS) is 10.5. The molecule has 0 fully saturated rings. The van der Waals surface area contributed by atoms with Crippen molar-refractivity contribution in [2.45, 2.75) is 17.1 Å². The number of aryl methyl sites for hydroxylation is 1. The smallest absolute Gasteiger partial charge is 0.190 e. The van der Waals surface area contributed by atoms with Gasteiger partial charge in [0, 0.05) is 0 Å². The van der Waals surface area contributed by atoms with Crippen molar-refractivity contribution < 1.29 is 9.53 Å². The van der Waals surface area contributed by atoms with Gasteiger partial charge in [-0.3, -0.25) is 4.79 Å². The number of rotatable bonds is 4. The first kappa shape index (κ1) is 12.7. The van der Waals surface area contributed by atoms with Crippen LogP contribution in [-0.4, -0.2) is 16.6 Å². The zero-order chi connectivity index (χ0) is 11.4. The zero-order valence-electron chi connectivity index (χ0n) is 8.59. The van der Waals surface area contributed by atoms with Gasteiger partial charge in [-0.1, -0.05) is 44.8 Å². The number of hydrogen-bond donors (Lipinski definition) is 0. The molecule has 15 heavy (non-hydrogen) atoms. The molecule has 1 aromatic rings. The highest BCUT2D eigenvalue weighted by molar-refractivity contribution is 9.25. The molecule has 4 heteroatoms. The Labute approximate surface area is 106 Å². The highest BCUT2D eigenvalue weighted by Crippen LogP contribution is 2.25. The summed E-state index contributed by atoms with van der Waals surface area (Å²) in [7, 11) is 1.56. The van der Waals surface area contributed by atoms with E-state index in [9.17, 15) is 4.79 Å². The second-order valence-corrected chi connectivity index (χ2v) is 6.11. The molecule has 0 aliphatic carbocycles. The van der Waals surface area contributed by atoms with Crippen molar-refractivity contribution in [2.24, 2.45) is 0 Å². The molecule has 0 aromatic heterocycles. The SMILES string of the molecule is CCc1ccc(OC)c(C(=O)C(Br)Br)c1. The van der Waals surface area contributed by atoms with Crippen molar-refractivity contribution >= 4 is 37.6 Å². The van der Waals surface area contributed by atoms with E-state index in [2.05, 4.69) is 38.8 Å². The molecule has 0 unspecified atom stereocenters. The fraction of sp³-hybridized carbons (Fsp3) is 0.364. The van der Waals surface area contributed by atoms with Gasteiger partial charge >= 0.3 is 0 Å². The van der Waals surface area contributed by atoms with Gasteiger partial charge in [0.25, 0.3) is 0 Å². The molecule has 0 spiro atoms. The standard InChI is InChI=1S/C11H12Br2O2/c1-3-7-4-5-9(15-2)8(6-7)10(14)11(12)13/h4-6,11H,3H2,1-2H3. The second-order valence-electron chi connectivity index (χ2n) is 3.05. The first-order valence-corrected chi connectivity index (χ1v) is 6.42. The van der Waals surface area contributed by atoms with E-state index in [0.717, 1.165) is 12.0 Å². The lowest BCUT2D eigenvalue weighted by Gasteiger charge is -2.09. The Balaban J connectivity index is 3.17. The van der Waals surface area contributed by atoms with E-state index in [0.29, 0.717) is 11.3 Å². The average molecular weight is 336 g/mol. The second kappa shape index (κ2) is 5.66. The number of methoxy groups -OCH3 is 1. The number of benzene rings is 1. The summed E-state index contributed by atoms with van der Waals surface area (Å²) < 4.78 is 4.78. The lowest BCUT2D eigenvalue weighted by Crippen LogP contribution is -2.09. The van der Waals surface area contributed by atoms with Crippen molar-refractivity contribution in [1.29, 1.82) is 0 Å². The third-order valence-electron chi connectivity index (χ3n) is 2.14. The zero-order valence-corrected chi connectivity index (χ0v) is 11.8. The number of carbonyl (C=O) groups excluding carboxylic acids is 1. The van der Waals surface area contributed by atoms with Gasteiger partial charge in [0.1, 0.15) is 9.49 Å². The van der Waals surface area contributed by atoms with E-state index in [1.54, 1.807) is 7.11 Å². The molecule has 0 saturated heterocycles. The van der Waals surface area contributed by atoms with Gasteiger partial charge in [-0.2, -0.15) is 0 Å². The van der Waals surface area contributed by atoms with Gasteiger partial charge in [0.2, 0.25) is 0 Å². The van der Waals surface area contributed by atoms with Crippen molar-refractivity contribution in [3.63, 3.8) is 0 Å². The summed E-state index contributed by atoms with van der Waals surface area (Å²) in [4.78, 5) is 11.8. The highest BCUT2D eigenvalue weighted by atomic mass is 79.9. The highest BCUT2D eigenvalue weighted by Gasteiger charge is 2.18. The predicted molar refractivity (Wildman–Crippen MR) is 68.3 cm³/mol. The largest absolute Gasteiger partial charge is 0.496 e. The van der Waals surface area contributed by atoms with Crippen LogP contribution in [-0.2, 0) is 6.42 Å². The van der Waals surface area contributed by atoms with Crippen LogP contribution in [0.25, 0.3) is 0 Å². The summed E-state index contributed by atoms with van der Waals surface area (Å²) in [5.74, 6) is 0.586. The topological polar surface area (TPSA) is 26.3 Å². The average Bonchev–Trinajstić information content (AvgIpc) is 2.27. The summed E-state index contributed by atoms with van der Waals surface area (Å²) >= 11 is 6.40. The molecule has 0 aliphatic heterocycles. The minimum atomic E-state index is -0.369. The molecule has 0 amide bonds. The van der Waals surface area contributed by atoms with Crippen LogP contribution in [0.1, 0.15) is 22.8 Å². The minimum absolute atomic E-state index is 0.0258. The molecular formula is C11H12Br2O2. The van der Waals surface area contributed by atoms with Gasteiger partial charge in [-0.05, 0) is 24.1 Å². The fourth-order valence-electron chi connectivity index (χ4n) is 1.29. The molecule has 1 rings (SSSR count). The summed E-state index contributed by atoms with van der Waals surface area (Å²) in [5, 5.41) is 0. The maximum Gasteiger partial charge on any atom is 0.190 e. The molecular weight excluding hydrogens is 324 g/mol. The Morgan fingerprint density at radius 3 is 2.60 bits per heavy atom. The molecule has 0 bridgehead atoms. The van der Waals surface area contributed by atoms with Gasteiger partial charge < -0.3 is 4.74 Å². The van der Waals surface area contributed by atoms with Crippen molar-refractivity contribution in [2.75, 3.05) is 7.11 Å². The van der Waals surface area contributed by atoms with Crippen LogP contribution >= 0.6 is 31.9 Å². The summed E-state index contributed by atoms with van der Waals surface area (Å²) in [6.45, 7) is 2.05. The fourth-order valence-corrected chi connectivity index (χ4v) is 1.78. The third-order valence-corrected chi connectivity index (χ3v) is 2.97. The van der Waals surface area contributed by atoms with Crippen molar-refractivity contribution in [3.8, 4) is 5.75 Å². The molecule has 1 aromatic carbocycles. The summed E-state index contributed by atoms with van der Waals surface area (Å²) in [6, 6.07) is 5.66. The quantitative estimate of drug-likeness (QED) is 0.621. The number of Topliss-reactive ketones (excluding diaryl/α,β-unsaturated/α-hetero) is 1.